The highest BCUT2D eigenvalue weighted by atomic mass is 16.5. The van der Waals surface area contributed by atoms with Crippen molar-refractivity contribution in [3.63, 3.8) is 0 Å². The molecule has 1 aliphatic rings. The number of hydrogen-bond donors (Lipinski definition) is 1. The van der Waals surface area contributed by atoms with Crippen LogP contribution >= 0.6 is 0 Å². The molecule has 1 aliphatic heterocycles. The molecule has 1 atom stereocenters. The summed E-state index contributed by atoms with van der Waals surface area (Å²) in [5, 5.41) is 2.76. The molecule has 0 fully saturated rings. The summed E-state index contributed by atoms with van der Waals surface area (Å²) in [5.41, 5.74) is 2.01. The van der Waals surface area contributed by atoms with Gasteiger partial charge in [-0.25, -0.2) is 4.79 Å². The first-order valence-corrected chi connectivity index (χ1v) is 8.47. The van der Waals surface area contributed by atoms with Gasteiger partial charge in [0.05, 0.1) is 18.4 Å². The molecule has 2 aromatic rings. The van der Waals surface area contributed by atoms with Crippen LogP contribution in [-0.4, -0.2) is 37.5 Å². The van der Waals surface area contributed by atoms with Crippen molar-refractivity contribution >= 4 is 29.2 Å². The lowest BCUT2D eigenvalue weighted by Gasteiger charge is -2.32. The molecule has 0 aromatic heterocycles. The molecule has 0 radical (unpaired) electrons. The first-order valence-electron chi connectivity index (χ1n) is 8.47. The zero-order valence-corrected chi connectivity index (χ0v) is 15.3. The van der Waals surface area contributed by atoms with Gasteiger partial charge < -0.3 is 14.8 Å². The van der Waals surface area contributed by atoms with Crippen molar-refractivity contribution in [2.24, 2.45) is 0 Å². The summed E-state index contributed by atoms with van der Waals surface area (Å²) in [7, 11) is 1.30. The van der Waals surface area contributed by atoms with Crippen molar-refractivity contribution in [1.29, 1.82) is 0 Å². The van der Waals surface area contributed by atoms with Crippen molar-refractivity contribution in [3.8, 4) is 5.75 Å². The van der Waals surface area contributed by atoms with Crippen LogP contribution in [0.15, 0.2) is 42.5 Å². The van der Waals surface area contributed by atoms with Gasteiger partial charge in [0.2, 0.25) is 5.91 Å². The summed E-state index contributed by atoms with van der Waals surface area (Å²) in [6.07, 6.45) is -0.669. The summed E-state index contributed by atoms with van der Waals surface area (Å²) in [5.74, 6) is -0.586. The van der Waals surface area contributed by atoms with Gasteiger partial charge in [0.1, 0.15) is 12.3 Å². The van der Waals surface area contributed by atoms with Crippen molar-refractivity contribution in [2.75, 3.05) is 23.9 Å². The van der Waals surface area contributed by atoms with Crippen LogP contribution < -0.4 is 15.0 Å². The van der Waals surface area contributed by atoms with Gasteiger partial charge in [0, 0.05) is 5.69 Å². The summed E-state index contributed by atoms with van der Waals surface area (Å²) in [4.78, 5) is 38.3. The molecule has 1 unspecified atom stereocenters. The average Bonchev–Trinajstić information content (AvgIpc) is 2.66. The van der Waals surface area contributed by atoms with E-state index in [-0.39, 0.29) is 18.4 Å². The van der Waals surface area contributed by atoms with Gasteiger partial charge in [-0.1, -0.05) is 18.2 Å². The van der Waals surface area contributed by atoms with Crippen LogP contribution in [0.5, 0.6) is 5.75 Å². The van der Waals surface area contributed by atoms with Gasteiger partial charge in [-0.05, 0) is 43.7 Å². The van der Waals surface area contributed by atoms with Gasteiger partial charge in [0.15, 0.2) is 6.10 Å². The third-order valence-corrected chi connectivity index (χ3v) is 4.39. The van der Waals surface area contributed by atoms with Gasteiger partial charge in [0.25, 0.3) is 5.91 Å². The third kappa shape index (κ3) is 3.62. The van der Waals surface area contributed by atoms with Crippen molar-refractivity contribution in [1.82, 2.24) is 0 Å². The summed E-state index contributed by atoms with van der Waals surface area (Å²) >= 11 is 0. The van der Waals surface area contributed by atoms with E-state index in [9.17, 15) is 14.4 Å². The minimum absolute atomic E-state index is 0.161. The summed E-state index contributed by atoms with van der Waals surface area (Å²) in [6.45, 7) is 3.21. The highest BCUT2D eigenvalue weighted by Gasteiger charge is 2.32. The molecule has 1 N–H and O–H groups in total. The van der Waals surface area contributed by atoms with Crippen molar-refractivity contribution < 1.29 is 23.9 Å². The van der Waals surface area contributed by atoms with Gasteiger partial charge in [-0.2, -0.15) is 0 Å². The monoisotopic (exact) mass is 368 g/mol. The first kappa shape index (κ1) is 18.4. The molecule has 3 rings (SSSR count). The maximum absolute atomic E-state index is 12.6. The fourth-order valence-corrected chi connectivity index (χ4v) is 2.96. The van der Waals surface area contributed by atoms with Crippen LogP contribution in [0.3, 0.4) is 0 Å². The Hall–Kier alpha value is -3.35. The van der Waals surface area contributed by atoms with E-state index in [0.717, 1.165) is 0 Å². The zero-order chi connectivity index (χ0) is 19.6. The Morgan fingerprint density at radius 2 is 1.93 bits per heavy atom. The number of nitrogens with zero attached hydrogens (tertiary/aromatic N) is 1. The Morgan fingerprint density at radius 3 is 2.67 bits per heavy atom. The molecule has 2 aromatic carbocycles. The molecule has 0 saturated carbocycles. The molecule has 1 heterocycles. The number of ether oxygens (including phenoxy) is 2. The number of carbonyl (C=O) groups excluding carboxylic acids is 3. The number of methoxy groups -OCH3 is 1. The Kier molecular flexibility index (Phi) is 5.12. The van der Waals surface area contributed by atoms with E-state index in [1.807, 2.05) is 0 Å². The molecular weight excluding hydrogens is 348 g/mol. The molecule has 0 saturated heterocycles. The number of benzene rings is 2. The Balaban J connectivity index is 1.81. The van der Waals surface area contributed by atoms with Crippen molar-refractivity contribution in [2.45, 2.75) is 20.0 Å². The number of hydrogen-bond acceptors (Lipinski definition) is 5. The summed E-state index contributed by atoms with van der Waals surface area (Å²) in [6, 6.07) is 12.0. The third-order valence-electron chi connectivity index (χ3n) is 4.39. The Bertz CT molecular complexity index is 909. The van der Waals surface area contributed by atoms with Crippen LogP contribution in [0.4, 0.5) is 11.4 Å². The minimum Gasteiger partial charge on any atom is -0.479 e. The minimum atomic E-state index is -0.669. The highest BCUT2D eigenvalue weighted by Crippen LogP contribution is 2.33. The van der Waals surface area contributed by atoms with E-state index in [0.29, 0.717) is 28.3 Å². The fraction of sp³-hybridized carbons (Fsp3) is 0.250. The molecule has 0 bridgehead atoms. The van der Waals surface area contributed by atoms with E-state index >= 15 is 0 Å². The Labute approximate surface area is 156 Å². The SMILES string of the molecule is COC(=O)c1cccc(NC(=O)CN2C(=O)C(C)Oc3ccccc32)c1C. The zero-order valence-electron chi connectivity index (χ0n) is 15.3. The number of amides is 2. The number of fused-ring (bicyclic) bond motifs is 1. The van der Waals surface area contributed by atoms with E-state index in [2.05, 4.69) is 5.32 Å². The van der Waals surface area contributed by atoms with Crippen LogP contribution in [0.2, 0.25) is 0 Å². The maximum Gasteiger partial charge on any atom is 0.338 e. The maximum atomic E-state index is 12.6. The summed E-state index contributed by atoms with van der Waals surface area (Å²) < 4.78 is 10.3. The lowest BCUT2D eigenvalue weighted by Crippen LogP contribution is -2.47. The predicted molar refractivity (Wildman–Crippen MR) is 100 cm³/mol. The first-order chi connectivity index (χ1) is 12.9. The fourth-order valence-electron chi connectivity index (χ4n) is 2.96. The van der Waals surface area contributed by atoms with Crippen LogP contribution in [0.25, 0.3) is 0 Å². The van der Waals surface area contributed by atoms with Gasteiger partial charge in [-0.15, -0.1) is 0 Å². The molecule has 27 heavy (non-hydrogen) atoms. The molecule has 0 aliphatic carbocycles. The number of anilines is 2. The van der Waals surface area contributed by atoms with Gasteiger partial charge >= 0.3 is 5.97 Å². The normalized spacial score (nSPS) is 15.6. The van der Waals surface area contributed by atoms with E-state index < -0.39 is 12.1 Å². The highest BCUT2D eigenvalue weighted by molar-refractivity contribution is 6.06. The van der Waals surface area contributed by atoms with Gasteiger partial charge in [-0.3, -0.25) is 14.5 Å². The average molecular weight is 368 g/mol. The lowest BCUT2D eigenvalue weighted by atomic mass is 10.1. The number of carbonyl (C=O) groups is 3. The Morgan fingerprint density at radius 1 is 1.19 bits per heavy atom. The molecule has 0 spiro atoms. The second-order valence-electron chi connectivity index (χ2n) is 6.17. The van der Waals surface area contributed by atoms with Crippen LogP contribution in [-0.2, 0) is 14.3 Å². The number of esters is 1. The second-order valence-corrected chi connectivity index (χ2v) is 6.17. The smallest absolute Gasteiger partial charge is 0.338 e. The molecular formula is C20H20N2O5. The molecule has 2 amide bonds. The number of rotatable bonds is 4. The lowest BCUT2D eigenvalue weighted by molar-refractivity contribution is -0.127. The van der Waals surface area contributed by atoms with E-state index in [1.165, 1.54) is 12.0 Å². The quantitative estimate of drug-likeness (QED) is 0.839. The largest absolute Gasteiger partial charge is 0.479 e. The van der Waals surface area contributed by atoms with Crippen molar-refractivity contribution in [3.05, 3.63) is 53.6 Å². The molecule has 7 nitrogen and oxygen atoms in total. The molecule has 140 valence electrons. The standard InChI is InChI=1S/C20H20N2O5/c1-12-14(20(25)26-3)7-6-8-15(12)21-18(23)11-22-16-9-4-5-10-17(16)27-13(2)19(22)24/h4-10,13H,11H2,1-3H3,(H,21,23). The van der Waals surface area contributed by atoms with Crippen LogP contribution in [0.1, 0.15) is 22.8 Å². The van der Waals surface area contributed by atoms with E-state index in [1.54, 1.807) is 56.3 Å². The van der Waals surface area contributed by atoms with E-state index in [4.69, 9.17) is 9.47 Å². The van der Waals surface area contributed by atoms with Crippen LogP contribution in [0, 0.1) is 6.92 Å². The number of nitrogens with one attached hydrogen (secondary N) is 1. The number of para-hydroxylation sites is 2. The topological polar surface area (TPSA) is 84.9 Å². The second kappa shape index (κ2) is 7.49. The molecule has 7 heteroatoms. The predicted octanol–water partition coefficient (Wildman–Crippen LogP) is 2.53.